The second kappa shape index (κ2) is 7.97. The number of hydrogen-bond donors (Lipinski definition) is 1. The molecule has 1 saturated heterocycles. The highest BCUT2D eigenvalue weighted by Crippen LogP contribution is 2.22. The molecule has 0 aromatic carbocycles. The van der Waals surface area contributed by atoms with Gasteiger partial charge < -0.3 is 14.6 Å². The van der Waals surface area contributed by atoms with Crippen LogP contribution in [0.25, 0.3) is 0 Å². The van der Waals surface area contributed by atoms with Crippen LogP contribution in [0.15, 0.2) is 0 Å². The number of H-pyrrole nitrogens is 1. The number of carbonyl (C=O) groups is 2. The molecule has 1 aliphatic heterocycles. The molecule has 1 atom stereocenters. The van der Waals surface area contributed by atoms with Gasteiger partial charge in [-0.1, -0.05) is 26.7 Å². The van der Waals surface area contributed by atoms with Crippen molar-refractivity contribution >= 4 is 11.7 Å². The summed E-state index contributed by atoms with van der Waals surface area (Å²) in [6.45, 7) is 11.5. The van der Waals surface area contributed by atoms with Crippen LogP contribution in [0.3, 0.4) is 0 Å². The number of aryl methyl sites for hydroxylation is 1. The van der Waals surface area contributed by atoms with Crippen molar-refractivity contribution in [3.8, 4) is 0 Å². The smallest absolute Gasteiger partial charge is 0.256 e. The van der Waals surface area contributed by atoms with E-state index >= 15 is 0 Å². The van der Waals surface area contributed by atoms with Crippen LogP contribution in [0.4, 0.5) is 0 Å². The zero-order valence-electron chi connectivity index (χ0n) is 15.6. The first-order valence-corrected chi connectivity index (χ1v) is 8.92. The number of morpholine rings is 1. The highest BCUT2D eigenvalue weighted by atomic mass is 16.5. The number of nitrogens with one attached hydrogen (secondary N) is 1. The maximum absolute atomic E-state index is 12.9. The summed E-state index contributed by atoms with van der Waals surface area (Å²) >= 11 is 0. The maximum Gasteiger partial charge on any atom is 0.256 e. The first-order chi connectivity index (χ1) is 11.3. The minimum Gasteiger partial charge on any atom is -0.375 e. The number of Topliss-reactive ketones (excluding diaryl/α,β-unsaturated/α-hetero) is 1. The first-order valence-electron chi connectivity index (χ1n) is 8.92. The zero-order chi connectivity index (χ0) is 17.9. The number of carbonyl (C=O) groups excluding carboxylic acids is 2. The summed E-state index contributed by atoms with van der Waals surface area (Å²) in [7, 11) is 0. The van der Waals surface area contributed by atoms with E-state index in [1.54, 1.807) is 0 Å². The average Bonchev–Trinajstić information content (AvgIpc) is 2.81. The van der Waals surface area contributed by atoms with Gasteiger partial charge in [0.1, 0.15) is 0 Å². The van der Waals surface area contributed by atoms with Crippen molar-refractivity contribution < 1.29 is 14.3 Å². The molecule has 0 bridgehead atoms. The topological polar surface area (TPSA) is 62.4 Å². The van der Waals surface area contributed by atoms with E-state index in [9.17, 15) is 9.59 Å². The molecule has 1 fully saturated rings. The number of aromatic nitrogens is 1. The number of nitrogens with zero attached hydrogens (tertiary/aromatic N) is 1. The largest absolute Gasteiger partial charge is 0.375 e. The summed E-state index contributed by atoms with van der Waals surface area (Å²) in [6.07, 6.45) is 3.42. The van der Waals surface area contributed by atoms with Crippen LogP contribution in [0.5, 0.6) is 0 Å². The van der Waals surface area contributed by atoms with E-state index in [0.29, 0.717) is 36.9 Å². The molecule has 134 valence electrons. The fourth-order valence-electron chi connectivity index (χ4n) is 3.41. The Hall–Kier alpha value is -1.62. The average molecular weight is 334 g/mol. The molecule has 1 amide bonds. The third-order valence-corrected chi connectivity index (χ3v) is 4.74. The third kappa shape index (κ3) is 4.26. The summed E-state index contributed by atoms with van der Waals surface area (Å²) < 4.78 is 5.82. The quantitative estimate of drug-likeness (QED) is 0.810. The van der Waals surface area contributed by atoms with Crippen molar-refractivity contribution in [2.24, 2.45) is 5.92 Å². The van der Waals surface area contributed by atoms with E-state index in [2.05, 4.69) is 18.8 Å². The summed E-state index contributed by atoms with van der Waals surface area (Å²) in [5.74, 6) is 0.663. The van der Waals surface area contributed by atoms with E-state index in [0.717, 1.165) is 24.1 Å². The molecule has 5 nitrogen and oxygen atoms in total. The summed E-state index contributed by atoms with van der Waals surface area (Å²) in [5, 5.41) is 0. The van der Waals surface area contributed by atoms with Crippen molar-refractivity contribution in [1.29, 1.82) is 0 Å². The van der Waals surface area contributed by atoms with Gasteiger partial charge in [0.25, 0.3) is 5.91 Å². The molecule has 0 spiro atoms. The van der Waals surface area contributed by atoms with E-state index in [1.165, 1.54) is 13.3 Å². The molecule has 0 unspecified atom stereocenters. The van der Waals surface area contributed by atoms with Gasteiger partial charge in [-0.15, -0.1) is 0 Å². The van der Waals surface area contributed by atoms with Crippen molar-refractivity contribution in [3.63, 3.8) is 0 Å². The van der Waals surface area contributed by atoms with Gasteiger partial charge in [-0.25, -0.2) is 0 Å². The van der Waals surface area contributed by atoms with E-state index in [4.69, 9.17) is 4.74 Å². The van der Waals surface area contributed by atoms with Gasteiger partial charge in [-0.2, -0.15) is 0 Å². The Balaban J connectivity index is 2.05. The monoisotopic (exact) mass is 334 g/mol. The molecular formula is C19H30N2O3. The molecule has 0 radical (unpaired) electrons. The van der Waals surface area contributed by atoms with Crippen LogP contribution in [-0.4, -0.2) is 47.4 Å². The Kier molecular flexibility index (Phi) is 6.21. The lowest BCUT2D eigenvalue weighted by atomic mass is 10.0. The Morgan fingerprint density at radius 1 is 1.33 bits per heavy atom. The number of ketones is 1. The summed E-state index contributed by atoms with van der Waals surface area (Å²) in [6, 6.07) is 0. The molecule has 24 heavy (non-hydrogen) atoms. The van der Waals surface area contributed by atoms with Crippen LogP contribution in [0.2, 0.25) is 0 Å². The Morgan fingerprint density at radius 3 is 2.62 bits per heavy atom. The number of amides is 1. The molecule has 1 aromatic heterocycles. The molecule has 5 heteroatoms. The number of aromatic amines is 1. The Bertz CT molecular complexity index is 604. The molecule has 0 saturated carbocycles. The highest BCUT2D eigenvalue weighted by Gasteiger charge is 2.28. The van der Waals surface area contributed by atoms with Crippen LogP contribution in [0.1, 0.15) is 72.1 Å². The standard InChI is InChI=1S/C19H30N2O3/c1-12(2)7-6-8-16-11-21(9-10-24-16)19(23)17-13(3)18(15(5)22)20-14(17)4/h12,16,20H,6-11H2,1-5H3/t16-/m1/s1. The second-order valence-corrected chi connectivity index (χ2v) is 7.25. The lowest BCUT2D eigenvalue weighted by Gasteiger charge is -2.33. The first kappa shape index (κ1) is 18.7. The SMILES string of the molecule is CC(=O)c1[nH]c(C)c(C(=O)N2CCO[C@H](CCCC(C)C)C2)c1C. The maximum atomic E-state index is 12.9. The van der Waals surface area contributed by atoms with Crippen LogP contribution < -0.4 is 0 Å². The molecule has 2 rings (SSSR count). The van der Waals surface area contributed by atoms with Crippen LogP contribution in [0, 0.1) is 19.8 Å². The fraction of sp³-hybridized carbons (Fsp3) is 0.684. The van der Waals surface area contributed by atoms with E-state index in [1.807, 2.05) is 18.7 Å². The van der Waals surface area contributed by atoms with Crippen molar-refractivity contribution in [1.82, 2.24) is 9.88 Å². The van der Waals surface area contributed by atoms with Gasteiger partial charge in [0.15, 0.2) is 5.78 Å². The van der Waals surface area contributed by atoms with Gasteiger partial charge in [0.05, 0.1) is 24.0 Å². The van der Waals surface area contributed by atoms with Crippen LogP contribution in [-0.2, 0) is 4.74 Å². The van der Waals surface area contributed by atoms with Gasteiger partial charge in [0.2, 0.25) is 0 Å². The van der Waals surface area contributed by atoms with E-state index in [-0.39, 0.29) is 17.8 Å². The fourth-order valence-corrected chi connectivity index (χ4v) is 3.41. The zero-order valence-corrected chi connectivity index (χ0v) is 15.6. The molecule has 1 N–H and O–H groups in total. The van der Waals surface area contributed by atoms with E-state index < -0.39 is 0 Å². The van der Waals surface area contributed by atoms with Gasteiger partial charge in [-0.3, -0.25) is 9.59 Å². The van der Waals surface area contributed by atoms with Gasteiger partial charge in [0, 0.05) is 25.7 Å². The van der Waals surface area contributed by atoms with Gasteiger partial charge >= 0.3 is 0 Å². The van der Waals surface area contributed by atoms with Crippen molar-refractivity contribution in [3.05, 3.63) is 22.5 Å². The number of hydrogen-bond acceptors (Lipinski definition) is 3. The minimum absolute atomic E-state index is 0.00547. The number of ether oxygens (including phenoxy) is 1. The Morgan fingerprint density at radius 2 is 2.04 bits per heavy atom. The molecular weight excluding hydrogens is 304 g/mol. The summed E-state index contributed by atoms with van der Waals surface area (Å²) in [4.78, 5) is 29.6. The highest BCUT2D eigenvalue weighted by molar-refractivity contribution is 6.02. The molecule has 1 aliphatic rings. The molecule has 2 heterocycles. The van der Waals surface area contributed by atoms with Crippen LogP contribution >= 0.6 is 0 Å². The molecule has 1 aromatic rings. The number of rotatable bonds is 6. The van der Waals surface area contributed by atoms with Crippen molar-refractivity contribution in [2.75, 3.05) is 19.7 Å². The summed E-state index contributed by atoms with van der Waals surface area (Å²) in [5.41, 5.74) is 2.71. The van der Waals surface area contributed by atoms with Gasteiger partial charge in [-0.05, 0) is 31.7 Å². The predicted octanol–water partition coefficient (Wildman–Crippen LogP) is 3.50. The Labute approximate surface area is 144 Å². The predicted molar refractivity (Wildman–Crippen MR) is 94.6 cm³/mol. The lowest BCUT2D eigenvalue weighted by molar-refractivity contribution is -0.0260. The lowest BCUT2D eigenvalue weighted by Crippen LogP contribution is -2.45. The molecule has 0 aliphatic carbocycles. The third-order valence-electron chi connectivity index (χ3n) is 4.74. The normalized spacial score (nSPS) is 18.2. The second-order valence-electron chi connectivity index (χ2n) is 7.25. The minimum atomic E-state index is -0.0387. The van der Waals surface area contributed by atoms with Crippen molar-refractivity contribution in [2.45, 2.75) is 60.0 Å².